The van der Waals surface area contributed by atoms with Crippen molar-refractivity contribution in [2.75, 3.05) is 0 Å². The highest BCUT2D eigenvalue weighted by molar-refractivity contribution is 5.79. The highest BCUT2D eigenvalue weighted by Gasteiger charge is 2.16. The summed E-state index contributed by atoms with van der Waals surface area (Å²) >= 11 is 0. The summed E-state index contributed by atoms with van der Waals surface area (Å²) in [4.78, 5) is 20.4. The molecule has 1 atom stereocenters. The van der Waals surface area contributed by atoms with Gasteiger partial charge in [0.15, 0.2) is 0 Å². The Balaban J connectivity index is 1.40. The predicted molar refractivity (Wildman–Crippen MR) is 115 cm³/mol. The molecular weight excluding hydrogens is 360 g/mol. The van der Waals surface area contributed by atoms with Crippen molar-refractivity contribution in [2.24, 2.45) is 0 Å². The zero-order valence-corrected chi connectivity index (χ0v) is 16.4. The van der Waals surface area contributed by atoms with Gasteiger partial charge in [0.25, 0.3) is 0 Å². The smallest absolute Gasteiger partial charge is 0.225 e. The maximum Gasteiger partial charge on any atom is 0.225 e. The number of nitrogens with one attached hydrogen (secondary N) is 2. The summed E-state index contributed by atoms with van der Waals surface area (Å²) in [6.45, 7) is 2.04. The molecule has 0 aliphatic heterocycles. The highest BCUT2D eigenvalue weighted by atomic mass is 16.1. The molecular formula is C24H24N4O. The van der Waals surface area contributed by atoms with E-state index < -0.39 is 0 Å². The Hall–Kier alpha value is -3.60. The van der Waals surface area contributed by atoms with Gasteiger partial charge in [-0.2, -0.15) is 0 Å². The van der Waals surface area contributed by atoms with E-state index in [1.54, 1.807) is 0 Å². The van der Waals surface area contributed by atoms with Crippen LogP contribution in [0.5, 0.6) is 0 Å². The lowest BCUT2D eigenvalue weighted by Gasteiger charge is -2.15. The van der Waals surface area contributed by atoms with Gasteiger partial charge in [-0.15, -0.1) is 0 Å². The van der Waals surface area contributed by atoms with Crippen molar-refractivity contribution in [3.8, 4) is 16.9 Å². The van der Waals surface area contributed by atoms with Crippen molar-refractivity contribution in [1.82, 2.24) is 19.9 Å². The van der Waals surface area contributed by atoms with Gasteiger partial charge in [0.05, 0.1) is 24.4 Å². The lowest BCUT2D eigenvalue weighted by molar-refractivity contribution is -0.121. The van der Waals surface area contributed by atoms with Gasteiger partial charge >= 0.3 is 0 Å². The average Bonchev–Trinajstić information content (AvgIpc) is 3.46. The van der Waals surface area contributed by atoms with Crippen molar-refractivity contribution in [2.45, 2.75) is 25.8 Å². The Bertz CT molecular complexity index is 1050. The number of hydrogen-bond acceptors (Lipinski definition) is 2. The van der Waals surface area contributed by atoms with E-state index in [9.17, 15) is 4.79 Å². The van der Waals surface area contributed by atoms with Gasteiger partial charge in [-0.3, -0.25) is 4.79 Å². The summed E-state index contributed by atoms with van der Waals surface area (Å²) in [6.07, 6.45) is 6.93. The van der Waals surface area contributed by atoms with Gasteiger partial charge in [0.1, 0.15) is 5.82 Å². The minimum Gasteiger partial charge on any atom is -0.346 e. The van der Waals surface area contributed by atoms with Gasteiger partial charge < -0.3 is 14.9 Å². The minimum absolute atomic E-state index is 0.0109. The Labute approximate surface area is 170 Å². The fraction of sp³-hybridized carbons (Fsp3) is 0.167. The van der Waals surface area contributed by atoms with Crippen molar-refractivity contribution in [3.05, 3.63) is 96.7 Å². The van der Waals surface area contributed by atoms with Crippen LogP contribution in [-0.4, -0.2) is 20.4 Å². The highest BCUT2D eigenvalue weighted by Crippen LogP contribution is 2.20. The third-order valence-electron chi connectivity index (χ3n) is 4.96. The summed E-state index contributed by atoms with van der Waals surface area (Å²) in [5.74, 6) is 0.769. The molecule has 4 rings (SSSR count). The van der Waals surface area contributed by atoms with Crippen molar-refractivity contribution < 1.29 is 4.79 Å². The number of carbonyl (C=O) groups is 1. The molecule has 146 valence electrons. The molecule has 2 aromatic carbocycles. The molecule has 0 fully saturated rings. The van der Waals surface area contributed by atoms with E-state index >= 15 is 0 Å². The summed E-state index contributed by atoms with van der Waals surface area (Å²) in [7, 11) is 0. The first-order valence-corrected chi connectivity index (χ1v) is 9.85. The zero-order chi connectivity index (χ0) is 20.1. The molecule has 5 heteroatoms. The molecule has 0 saturated heterocycles. The van der Waals surface area contributed by atoms with Crippen molar-refractivity contribution >= 4 is 5.91 Å². The van der Waals surface area contributed by atoms with E-state index in [0.717, 1.165) is 34.8 Å². The maximum atomic E-state index is 12.6. The molecule has 0 spiro atoms. The molecule has 0 saturated carbocycles. The first kappa shape index (κ1) is 18.7. The standard InChI is InChI=1S/C24H24N4O/c1-2-21(24-25-17-22(27-24)19-8-4-3-5-9-19)26-23(29)16-18-10-12-20(13-11-18)28-14-6-7-15-28/h3-15,17,21H,2,16H2,1H3,(H,25,27)(H,26,29). The van der Waals surface area contributed by atoms with Crippen LogP contribution in [0.4, 0.5) is 0 Å². The van der Waals surface area contributed by atoms with Crippen LogP contribution in [0.15, 0.2) is 85.3 Å². The number of hydrogen-bond donors (Lipinski definition) is 2. The average molecular weight is 384 g/mol. The van der Waals surface area contributed by atoms with Crippen LogP contribution in [0.3, 0.4) is 0 Å². The fourth-order valence-electron chi connectivity index (χ4n) is 3.37. The van der Waals surface area contributed by atoms with E-state index in [4.69, 9.17) is 0 Å². The Morgan fingerprint density at radius 3 is 2.45 bits per heavy atom. The number of H-pyrrole nitrogens is 1. The molecule has 5 nitrogen and oxygen atoms in total. The molecule has 4 aromatic rings. The van der Waals surface area contributed by atoms with Gasteiger partial charge in [-0.25, -0.2) is 4.98 Å². The first-order chi connectivity index (χ1) is 14.2. The van der Waals surface area contributed by atoms with Crippen LogP contribution in [0.1, 0.15) is 30.8 Å². The summed E-state index contributed by atoms with van der Waals surface area (Å²) in [5, 5.41) is 3.10. The molecule has 2 N–H and O–H groups in total. The number of rotatable bonds is 7. The minimum atomic E-state index is -0.140. The first-order valence-electron chi connectivity index (χ1n) is 9.85. The van der Waals surface area contributed by atoms with Crippen molar-refractivity contribution in [3.63, 3.8) is 0 Å². The molecule has 0 aliphatic carbocycles. The summed E-state index contributed by atoms with van der Waals surface area (Å²) in [5.41, 5.74) is 4.09. The quantitative estimate of drug-likeness (QED) is 0.486. The van der Waals surface area contributed by atoms with E-state index in [-0.39, 0.29) is 11.9 Å². The van der Waals surface area contributed by atoms with E-state index in [2.05, 4.69) is 15.3 Å². The van der Waals surface area contributed by atoms with Crippen LogP contribution >= 0.6 is 0 Å². The monoisotopic (exact) mass is 384 g/mol. The molecule has 29 heavy (non-hydrogen) atoms. The Morgan fingerprint density at radius 1 is 1.03 bits per heavy atom. The SMILES string of the molecule is CCC(NC(=O)Cc1ccc(-n2cccc2)cc1)c1ncc(-c2ccccc2)[nH]1. The third-order valence-corrected chi connectivity index (χ3v) is 4.96. The molecule has 0 radical (unpaired) electrons. The number of amides is 1. The number of nitrogens with zero attached hydrogens (tertiary/aromatic N) is 2. The Morgan fingerprint density at radius 2 is 1.76 bits per heavy atom. The molecule has 2 heterocycles. The second-order valence-corrected chi connectivity index (χ2v) is 7.01. The second-order valence-electron chi connectivity index (χ2n) is 7.01. The third kappa shape index (κ3) is 4.46. The van der Waals surface area contributed by atoms with E-state index in [1.807, 2.05) is 96.8 Å². The van der Waals surface area contributed by atoms with E-state index in [1.165, 1.54) is 0 Å². The lowest BCUT2D eigenvalue weighted by atomic mass is 10.1. The Kier molecular flexibility index (Phi) is 5.56. The molecule has 2 aromatic heterocycles. The zero-order valence-electron chi connectivity index (χ0n) is 16.4. The van der Waals surface area contributed by atoms with Crippen LogP contribution in [-0.2, 0) is 11.2 Å². The van der Waals surface area contributed by atoms with Crippen molar-refractivity contribution in [1.29, 1.82) is 0 Å². The molecule has 1 amide bonds. The van der Waals surface area contributed by atoms with Gasteiger partial charge in [-0.1, -0.05) is 49.4 Å². The molecule has 1 unspecified atom stereocenters. The number of benzene rings is 2. The van der Waals surface area contributed by atoms with Crippen LogP contribution in [0, 0.1) is 0 Å². The van der Waals surface area contributed by atoms with E-state index in [0.29, 0.717) is 6.42 Å². The lowest BCUT2D eigenvalue weighted by Crippen LogP contribution is -2.30. The van der Waals surface area contributed by atoms with Gasteiger partial charge in [0.2, 0.25) is 5.91 Å². The summed E-state index contributed by atoms with van der Waals surface area (Å²) in [6, 6.07) is 21.9. The number of aromatic nitrogens is 3. The largest absolute Gasteiger partial charge is 0.346 e. The van der Waals surface area contributed by atoms with Crippen LogP contribution < -0.4 is 5.32 Å². The number of carbonyl (C=O) groups excluding carboxylic acids is 1. The maximum absolute atomic E-state index is 12.6. The van der Waals surface area contributed by atoms with Crippen LogP contribution in [0.2, 0.25) is 0 Å². The second kappa shape index (κ2) is 8.61. The topological polar surface area (TPSA) is 62.7 Å². The predicted octanol–water partition coefficient (Wildman–Crippen LogP) is 4.68. The normalized spacial score (nSPS) is 11.9. The van der Waals surface area contributed by atoms with Gasteiger partial charge in [-0.05, 0) is 41.8 Å². The number of aromatic amines is 1. The van der Waals surface area contributed by atoms with Gasteiger partial charge in [0, 0.05) is 18.1 Å². The molecule has 0 bridgehead atoms. The number of imidazole rings is 1. The van der Waals surface area contributed by atoms with Crippen LogP contribution in [0.25, 0.3) is 16.9 Å². The fourth-order valence-corrected chi connectivity index (χ4v) is 3.37. The molecule has 0 aliphatic rings. The summed E-state index contributed by atoms with van der Waals surface area (Å²) < 4.78 is 2.04.